The molecule has 0 aliphatic rings. The Kier molecular flexibility index (Phi) is 4.17. The Morgan fingerprint density at radius 3 is 2.56 bits per heavy atom. The van der Waals surface area contributed by atoms with Gasteiger partial charge in [0, 0.05) is 6.20 Å². The zero-order valence-corrected chi connectivity index (χ0v) is 12.6. The van der Waals surface area contributed by atoms with Gasteiger partial charge >= 0.3 is 0 Å². The fraction of sp³-hybridized carbons (Fsp3) is 0.429. The van der Waals surface area contributed by atoms with Gasteiger partial charge in [-0.2, -0.15) is 0 Å². The van der Waals surface area contributed by atoms with Crippen LogP contribution < -0.4 is 0 Å². The zero-order valence-electron chi connectivity index (χ0n) is 11.0. The van der Waals surface area contributed by atoms with E-state index < -0.39 is 0 Å². The maximum atomic E-state index is 4.21. The van der Waals surface area contributed by atoms with E-state index in [-0.39, 0.29) is 0 Å². The number of nitrogens with zero attached hydrogens (tertiary/aromatic N) is 3. The number of aryl methyl sites for hydroxylation is 2. The molecule has 18 heavy (non-hydrogen) atoms. The van der Waals surface area contributed by atoms with Crippen LogP contribution in [0.15, 0.2) is 24.4 Å². The number of aromatic nitrogens is 3. The molecule has 1 aromatic heterocycles. The SMILES string of the molecule is CCC(Br)c1cn(Cc2c(C)cccc2C)nn1. The Morgan fingerprint density at radius 2 is 1.94 bits per heavy atom. The van der Waals surface area contributed by atoms with Crippen molar-refractivity contribution in [3.8, 4) is 0 Å². The van der Waals surface area contributed by atoms with Gasteiger partial charge in [-0.3, -0.25) is 0 Å². The number of benzene rings is 1. The number of hydrogen-bond acceptors (Lipinski definition) is 2. The highest BCUT2D eigenvalue weighted by Gasteiger charge is 2.10. The number of hydrogen-bond donors (Lipinski definition) is 0. The number of rotatable bonds is 4. The molecule has 0 radical (unpaired) electrons. The molecule has 0 aliphatic heterocycles. The molecular formula is C14H18BrN3. The summed E-state index contributed by atoms with van der Waals surface area (Å²) >= 11 is 3.60. The molecule has 0 N–H and O–H groups in total. The van der Waals surface area contributed by atoms with E-state index in [2.05, 4.69) is 65.2 Å². The molecule has 0 aliphatic carbocycles. The molecule has 0 amide bonds. The lowest BCUT2D eigenvalue weighted by atomic mass is 10.0. The van der Waals surface area contributed by atoms with Crippen LogP contribution in [0.4, 0.5) is 0 Å². The van der Waals surface area contributed by atoms with Gasteiger partial charge in [0.1, 0.15) is 0 Å². The van der Waals surface area contributed by atoms with Gasteiger partial charge < -0.3 is 0 Å². The summed E-state index contributed by atoms with van der Waals surface area (Å²) in [5.41, 5.74) is 4.94. The highest BCUT2D eigenvalue weighted by atomic mass is 79.9. The van der Waals surface area contributed by atoms with Gasteiger partial charge in [-0.05, 0) is 37.0 Å². The van der Waals surface area contributed by atoms with Crippen LogP contribution >= 0.6 is 15.9 Å². The third-order valence-corrected chi connectivity index (χ3v) is 4.32. The summed E-state index contributed by atoms with van der Waals surface area (Å²) in [7, 11) is 0. The Hall–Kier alpha value is -1.16. The van der Waals surface area contributed by atoms with E-state index >= 15 is 0 Å². The van der Waals surface area contributed by atoms with Crippen molar-refractivity contribution in [1.29, 1.82) is 0 Å². The molecule has 3 nitrogen and oxygen atoms in total. The maximum absolute atomic E-state index is 4.21. The molecule has 0 fully saturated rings. The highest BCUT2D eigenvalue weighted by molar-refractivity contribution is 9.09. The van der Waals surface area contributed by atoms with Gasteiger partial charge in [-0.1, -0.05) is 46.3 Å². The first-order valence-corrected chi connectivity index (χ1v) is 7.12. The molecular weight excluding hydrogens is 290 g/mol. The Labute approximate surface area is 116 Å². The van der Waals surface area contributed by atoms with Gasteiger partial charge in [0.2, 0.25) is 0 Å². The minimum atomic E-state index is 0.296. The molecule has 0 spiro atoms. The molecule has 1 atom stereocenters. The molecule has 2 rings (SSSR count). The van der Waals surface area contributed by atoms with Crippen LogP contribution in [-0.4, -0.2) is 15.0 Å². The predicted octanol–water partition coefficient (Wildman–Crippen LogP) is 3.79. The Balaban J connectivity index is 2.21. The van der Waals surface area contributed by atoms with Crippen LogP contribution in [0.25, 0.3) is 0 Å². The molecule has 96 valence electrons. The summed E-state index contributed by atoms with van der Waals surface area (Å²) in [5, 5.41) is 8.41. The lowest BCUT2D eigenvalue weighted by Crippen LogP contribution is -2.04. The molecule has 0 bridgehead atoms. The van der Waals surface area contributed by atoms with Gasteiger partial charge in [0.25, 0.3) is 0 Å². The first-order chi connectivity index (χ1) is 8.61. The molecule has 1 heterocycles. The van der Waals surface area contributed by atoms with E-state index in [4.69, 9.17) is 0 Å². The van der Waals surface area contributed by atoms with Gasteiger partial charge in [-0.25, -0.2) is 4.68 Å². The van der Waals surface area contributed by atoms with E-state index in [1.807, 2.05) is 10.9 Å². The van der Waals surface area contributed by atoms with Crippen molar-refractivity contribution >= 4 is 15.9 Å². The summed E-state index contributed by atoms with van der Waals surface area (Å²) in [6, 6.07) is 6.37. The van der Waals surface area contributed by atoms with Crippen LogP contribution in [0, 0.1) is 13.8 Å². The van der Waals surface area contributed by atoms with Crippen molar-refractivity contribution in [2.45, 2.75) is 38.6 Å². The smallest absolute Gasteiger partial charge is 0.0963 e. The summed E-state index contributed by atoms with van der Waals surface area (Å²) in [4.78, 5) is 0.296. The molecule has 0 saturated heterocycles. The van der Waals surface area contributed by atoms with Crippen LogP contribution in [0.5, 0.6) is 0 Å². The van der Waals surface area contributed by atoms with E-state index in [0.29, 0.717) is 4.83 Å². The van der Waals surface area contributed by atoms with Crippen molar-refractivity contribution in [2.75, 3.05) is 0 Å². The van der Waals surface area contributed by atoms with Crippen LogP contribution in [0.1, 0.15) is 40.6 Å². The van der Waals surface area contributed by atoms with E-state index in [0.717, 1.165) is 18.7 Å². The zero-order chi connectivity index (χ0) is 13.1. The minimum Gasteiger partial charge on any atom is -0.248 e. The predicted molar refractivity (Wildman–Crippen MR) is 77.0 cm³/mol. The second kappa shape index (κ2) is 5.65. The largest absolute Gasteiger partial charge is 0.248 e. The fourth-order valence-electron chi connectivity index (χ4n) is 2.00. The van der Waals surface area contributed by atoms with Crippen LogP contribution in [-0.2, 0) is 6.54 Å². The Bertz CT molecular complexity index is 513. The summed E-state index contributed by atoms with van der Waals surface area (Å²) < 4.78 is 1.91. The standard InChI is InChI=1S/C14H18BrN3/c1-4-13(15)14-9-18(17-16-14)8-12-10(2)6-5-7-11(12)3/h5-7,9,13H,4,8H2,1-3H3. The lowest BCUT2D eigenvalue weighted by molar-refractivity contribution is 0.644. The first-order valence-electron chi connectivity index (χ1n) is 6.21. The fourth-order valence-corrected chi connectivity index (χ4v) is 2.21. The van der Waals surface area contributed by atoms with E-state index in [1.54, 1.807) is 0 Å². The van der Waals surface area contributed by atoms with E-state index in [1.165, 1.54) is 16.7 Å². The molecule has 4 heteroatoms. The van der Waals surface area contributed by atoms with Crippen LogP contribution in [0.3, 0.4) is 0 Å². The number of alkyl halides is 1. The Morgan fingerprint density at radius 1 is 1.28 bits per heavy atom. The summed E-state index contributed by atoms with van der Waals surface area (Å²) in [6.07, 6.45) is 3.04. The molecule has 0 saturated carbocycles. The minimum absolute atomic E-state index is 0.296. The second-order valence-electron chi connectivity index (χ2n) is 4.59. The van der Waals surface area contributed by atoms with Crippen molar-refractivity contribution in [3.63, 3.8) is 0 Å². The van der Waals surface area contributed by atoms with Gasteiger partial charge in [0.05, 0.1) is 17.1 Å². The molecule has 1 unspecified atom stereocenters. The third-order valence-electron chi connectivity index (χ3n) is 3.20. The lowest BCUT2D eigenvalue weighted by Gasteiger charge is -2.08. The summed E-state index contributed by atoms with van der Waals surface area (Å²) in [6.45, 7) is 7.19. The third kappa shape index (κ3) is 2.80. The monoisotopic (exact) mass is 307 g/mol. The average molecular weight is 308 g/mol. The van der Waals surface area contributed by atoms with Gasteiger partial charge in [0.15, 0.2) is 0 Å². The maximum Gasteiger partial charge on any atom is 0.0963 e. The van der Waals surface area contributed by atoms with Crippen molar-refractivity contribution in [2.24, 2.45) is 0 Å². The highest BCUT2D eigenvalue weighted by Crippen LogP contribution is 2.23. The van der Waals surface area contributed by atoms with E-state index in [9.17, 15) is 0 Å². The quantitative estimate of drug-likeness (QED) is 0.805. The average Bonchev–Trinajstić information content (AvgIpc) is 2.81. The number of halogens is 1. The normalized spacial score (nSPS) is 12.7. The second-order valence-corrected chi connectivity index (χ2v) is 5.69. The summed E-state index contributed by atoms with van der Waals surface area (Å²) in [5.74, 6) is 0. The van der Waals surface area contributed by atoms with Crippen molar-refractivity contribution in [1.82, 2.24) is 15.0 Å². The molecule has 1 aromatic carbocycles. The van der Waals surface area contributed by atoms with Crippen molar-refractivity contribution < 1.29 is 0 Å². The van der Waals surface area contributed by atoms with Gasteiger partial charge in [-0.15, -0.1) is 5.10 Å². The van der Waals surface area contributed by atoms with Crippen LogP contribution in [0.2, 0.25) is 0 Å². The topological polar surface area (TPSA) is 30.7 Å². The first kappa shape index (κ1) is 13.3. The van der Waals surface area contributed by atoms with Crippen molar-refractivity contribution in [3.05, 3.63) is 46.8 Å². The molecule has 2 aromatic rings.